The SMILES string of the molecule is Cc1ccc2nc(N(C)C)c(C(=O)Cl)cc2c1. The number of rotatable bonds is 2. The van der Waals surface area contributed by atoms with Gasteiger partial charge in [0.15, 0.2) is 0 Å². The number of benzene rings is 1. The fourth-order valence-electron chi connectivity index (χ4n) is 1.77. The van der Waals surface area contributed by atoms with Crippen molar-refractivity contribution >= 4 is 33.6 Å². The molecule has 3 nitrogen and oxygen atoms in total. The van der Waals surface area contributed by atoms with E-state index in [-0.39, 0.29) is 0 Å². The standard InChI is InChI=1S/C13H13ClN2O/c1-8-4-5-11-9(6-8)7-10(12(14)17)13(15-11)16(2)3/h4-7H,1-3H3. The summed E-state index contributed by atoms with van der Waals surface area (Å²) in [4.78, 5) is 17.6. The third kappa shape index (κ3) is 2.24. The van der Waals surface area contributed by atoms with Crippen LogP contribution in [0, 0.1) is 6.92 Å². The van der Waals surface area contributed by atoms with Gasteiger partial charge in [-0.1, -0.05) is 11.6 Å². The molecular weight excluding hydrogens is 236 g/mol. The Morgan fingerprint density at radius 3 is 2.59 bits per heavy atom. The van der Waals surface area contributed by atoms with E-state index >= 15 is 0 Å². The maximum atomic E-state index is 11.4. The summed E-state index contributed by atoms with van der Waals surface area (Å²) in [6.07, 6.45) is 0. The molecule has 2 rings (SSSR count). The van der Waals surface area contributed by atoms with E-state index in [9.17, 15) is 4.79 Å². The van der Waals surface area contributed by atoms with Crippen molar-refractivity contribution in [1.82, 2.24) is 4.98 Å². The molecular formula is C13H13ClN2O. The highest BCUT2D eigenvalue weighted by Gasteiger charge is 2.13. The van der Waals surface area contributed by atoms with Crippen LogP contribution in [0.1, 0.15) is 15.9 Å². The van der Waals surface area contributed by atoms with Crippen LogP contribution in [0.5, 0.6) is 0 Å². The fraction of sp³-hybridized carbons (Fsp3) is 0.231. The minimum Gasteiger partial charge on any atom is -0.362 e. The Kier molecular flexibility index (Phi) is 3.03. The van der Waals surface area contributed by atoms with E-state index in [1.165, 1.54) is 0 Å². The van der Waals surface area contributed by atoms with Crippen LogP contribution in [-0.2, 0) is 0 Å². The summed E-state index contributed by atoms with van der Waals surface area (Å²) in [5.41, 5.74) is 2.43. The Hall–Kier alpha value is -1.61. The minimum absolute atomic E-state index is 0.440. The topological polar surface area (TPSA) is 33.2 Å². The Labute approximate surface area is 105 Å². The van der Waals surface area contributed by atoms with Gasteiger partial charge in [-0.25, -0.2) is 4.98 Å². The Bertz CT molecular complexity index is 593. The lowest BCUT2D eigenvalue weighted by Gasteiger charge is -2.15. The minimum atomic E-state index is -0.482. The molecule has 0 N–H and O–H groups in total. The van der Waals surface area contributed by atoms with Crippen molar-refractivity contribution in [3.05, 3.63) is 35.4 Å². The zero-order chi connectivity index (χ0) is 12.6. The monoisotopic (exact) mass is 248 g/mol. The summed E-state index contributed by atoms with van der Waals surface area (Å²) < 4.78 is 0. The Balaban J connectivity index is 2.77. The maximum absolute atomic E-state index is 11.4. The molecule has 0 amide bonds. The van der Waals surface area contributed by atoms with E-state index in [0.29, 0.717) is 11.4 Å². The maximum Gasteiger partial charge on any atom is 0.256 e. The number of carbonyl (C=O) groups excluding carboxylic acids is 1. The fourth-order valence-corrected chi connectivity index (χ4v) is 1.91. The highest BCUT2D eigenvalue weighted by molar-refractivity contribution is 6.68. The molecule has 1 aromatic heterocycles. The molecule has 1 aromatic carbocycles. The summed E-state index contributed by atoms with van der Waals surface area (Å²) in [5, 5.41) is 0.448. The molecule has 0 aliphatic heterocycles. The number of halogens is 1. The van der Waals surface area contributed by atoms with Crippen LogP contribution >= 0.6 is 11.6 Å². The van der Waals surface area contributed by atoms with Crippen LogP contribution in [0.25, 0.3) is 10.9 Å². The zero-order valence-corrected chi connectivity index (χ0v) is 10.7. The summed E-state index contributed by atoms with van der Waals surface area (Å²) in [5.74, 6) is 0.598. The van der Waals surface area contributed by atoms with Gasteiger partial charge in [0.2, 0.25) is 0 Å². The van der Waals surface area contributed by atoms with Crippen molar-refractivity contribution in [2.75, 3.05) is 19.0 Å². The lowest BCUT2D eigenvalue weighted by atomic mass is 10.1. The number of pyridine rings is 1. The van der Waals surface area contributed by atoms with Gasteiger partial charge in [0, 0.05) is 19.5 Å². The van der Waals surface area contributed by atoms with Crippen LogP contribution in [0.3, 0.4) is 0 Å². The van der Waals surface area contributed by atoms with E-state index in [0.717, 1.165) is 16.5 Å². The third-order valence-corrected chi connectivity index (χ3v) is 2.79. The summed E-state index contributed by atoms with van der Waals surface area (Å²) >= 11 is 5.59. The number of aromatic nitrogens is 1. The lowest BCUT2D eigenvalue weighted by molar-refractivity contribution is 0.108. The van der Waals surface area contributed by atoms with Crippen molar-refractivity contribution in [3.8, 4) is 0 Å². The highest BCUT2D eigenvalue weighted by atomic mass is 35.5. The molecule has 0 saturated heterocycles. The van der Waals surface area contributed by atoms with E-state index < -0.39 is 5.24 Å². The molecule has 0 fully saturated rings. The van der Waals surface area contributed by atoms with Gasteiger partial charge in [0.05, 0.1) is 11.1 Å². The van der Waals surface area contributed by atoms with E-state index in [1.54, 1.807) is 11.0 Å². The lowest BCUT2D eigenvalue weighted by Crippen LogP contribution is -2.14. The van der Waals surface area contributed by atoms with Gasteiger partial charge in [-0.05, 0) is 36.7 Å². The van der Waals surface area contributed by atoms with Crippen LogP contribution in [-0.4, -0.2) is 24.3 Å². The molecule has 0 saturated carbocycles. The number of fused-ring (bicyclic) bond motifs is 1. The molecule has 2 aromatic rings. The number of carbonyl (C=O) groups is 1. The predicted molar refractivity (Wildman–Crippen MR) is 71.0 cm³/mol. The summed E-state index contributed by atoms with van der Waals surface area (Å²) in [7, 11) is 3.68. The van der Waals surface area contributed by atoms with Gasteiger partial charge in [-0.2, -0.15) is 0 Å². The first-order valence-electron chi connectivity index (χ1n) is 5.27. The molecule has 0 bridgehead atoms. The first kappa shape index (κ1) is 11.9. The molecule has 0 radical (unpaired) electrons. The molecule has 0 aliphatic rings. The van der Waals surface area contributed by atoms with Gasteiger partial charge >= 0.3 is 0 Å². The van der Waals surface area contributed by atoms with Crippen LogP contribution in [0.2, 0.25) is 0 Å². The number of nitrogens with zero attached hydrogens (tertiary/aromatic N) is 2. The van der Waals surface area contributed by atoms with E-state index in [1.807, 2.05) is 39.2 Å². The first-order valence-corrected chi connectivity index (χ1v) is 5.65. The molecule has 88 valence electrons. The highest BCUT2D eigenvalue weighted by Crippen LogP contribution is 2.24. The van der Waals surface area contributed by atoms with Crippen molar-refractivity contribution in [2.24, 2.45) is 0 Å². The Morgan fingerprint density at radius 1 is 1.29 bits per heavy atom. The number of hydrogen-bond acceptors (Lipinski definition) is 3. The molecule has 0 unspecified atom stereocenters. The molecule has 0 atom stereocenters. The molecule has 0 spiro atoms. The predicted octanol–water partition coefficient (Wildman–Crippen LogP) is 2.99. The second kappa shape index (κ2) is 4.34. The smallest absolute Gasteiger partial charge is 0.256 e. The molecule has 0 aliphatic carbocycles. The van der Waals surface area contributed by atoms with Crippen LogP contribution in [0.4, 0.5) is 5.82 Å². The van der Waals surface area contributed by atoms with E-state index in [4.69, 9.17) is 11.6 Å². The second-order valence-electron chi connectivity index (χ2n) is 4.22. The van der Waals surface area contributed by atoms with Crippen molar-refractivity contribution < 1.29 is 4.79 Å². The second-order valence-corrected chi connectivity index (χ2v) is 4.57. The third-order valence-electron chi connectivity index (χ3n) is 2.59. The quantitative estimate of drug-likeness (QED) is 0.766. The summed E-state index contributed by atoms with van der Waals surface area (Å²) in [6.45, 7) is 2.00. The van der Waals surface area contributed by atoms with Crippen molar-refractivity contribution in [2.45, 2.75) is 6.92 Å². The van der Waals surface area contributed by atoms with Gasteiger partial charge in [0.1, 0.15) is 5.82 Å². The van der Waals surface area contributed by atoms with Gasteiger partial charge in [0.25, 0.3) is 5.24 Å². The van der Waals surface area contributed by atoms with Gasteiger partial charge in [-0.15, -0.1) is 0 Å². The molecule has 1 heterocycles. The van der Waals surface area contributed by atoms with Crippen LogP contribution < -0.4 is 4.90 Å². The summed E-state index contributed by atoms with van der Waals surface area (Å²) in [6, 6.07) is 7.72. The van der Waals surface area contributed by atoms with Crippen LogP contribution in [0.15, 0.2) is 24.3 Å². The number of aryl methyl sites for hydroxylation is 1. The normalized spacial score (nSPS) is 10.6. The average molecular weight is 249 g/mol. The average Bonchev–Trinajstić information content (AvgIpc) is 2.26. The molecule has 4 heteroatoms. The zero-order valence-electron chi connectivity index (χ0n) is 9.99. The first-order chi connectivity index (χ1) is 7.99. The largest absolute Gasteiger partial charge is 0.362 e. The number of anilines is 1. The number of hydrogen-bond donors (Lipinski definition) is 0. The molecule has 17 heavy (non-hydrogen) atoms. The van der Waals surface area contributed by atoms with Gasteiger partial charge in [-0.3, -0.25) is 4.79 Å². The van der Waals surface area contributed by atoms with Crippen molar-refractivity contribution in [3.63, 3.8) is 0 Å². The van der Waals surface area contributed by atoms with Crippen molar-refractivity contribution in [1.29, 1.82) is 0 Å². The van der Waals surface area contributed by atoms with E-state index in [2.05, 4.69) is 4.98 Å². The Morgan fingerprint density at radius 2 is 2.00 bits per heavy atom. The van der Waals surface area contributed by atoms with Gasteiger partial charge < -0.3 is 4.90 Å².